The smallest absolute Gasteiger partial charge is 0.325 e. The summed E-state index contributed by atoms with van der Waals surface area (Å²) in [6.07, 6.45) is 1.44. The van der Waals surface area contributed by atoms with E-state index in [2.05, 4.69) is 25.6 Å². The second-order valence-electron chi connectivity index (χ2n) is 6.80. The maximum atomic E-state index is 12.9. The van der Waals surface area contributed by atoms with E-state index in [1.807, 2.05) is 31.2 Å². The molecule has 1 atom stereocenters. The monoisotopic (exact) mass is 393 g/mol. The molecule has 4 rings (SSSR count). The summed E-state index contributed by atoms with van der Waals surface area (Å²) >= 11 is 0. The van der Waals surface area contributed by atoms with Gasteiger partial charge in [-0.3, -0.25) is 9.69 Å². The van der Waals surface area contributed by atoms with Crippen molar-refractivity contribution < 1.29 is 14.0 Å². The number of nitrogens with one attached hydrogen (secondary N) is 2. The number of furan rings is 1. The van der Waals surface area contributed by atoms with Crippen molar-refractivity contribution >= 4 is 29.5 Å². The second-order valence-corrected chi connectivity index (χ2v) is 6.80. The first-order valence-electron chi connectivity index (χ1n) is 8.88. The third-order valence-corrected chi connectivity index (χ3v) is 4.68. The van der Waals surface area contributed by atoms with Gasteiger partial charge in [0.25, 0.3) is 5.91 Å². The van der Waals surface area contributed by atoms with Gasteiger partial charge in [-0.15, -0.1) is 0 Å². The average molecular weight is 393 g/mol. The predicted molar refractivity (Wildman–Crippen MR) is 104 cm³/mol. The summed E-state index contributed by atoms with van der Waals surface area (Å²) in [7, 11) is 0. The van der Waals surface area contributed by atoms with Crippen molar-refractivity contribution in [3.63, 3.8) is 0 Å². The number of aromatic nitrogens is 3. The number of carbonyl (C=O) groups excluding carboxylic acids is 2. The van der Waals surface area contributed by atoms with Crippen LogP contribution in [-0.4, -0.2) is 31.8 Å². The molecule has 0 spiro atoms. The number of nitrogen functional groups attached to an aromatic ring is 1. The van der Waals surface area contributed by atoms with Gasteiger partial charge in [0.1, 0.15) is 5.76 Å². The molecule has 1 aliphatic heterocycles. The summed E-state index contributed by atoms with van der Waals surface area (Å²) in [5.74, 6) is 0.260. The van der Waals surface area contributed by atoms with Crippen molar-refractivity contribution in [2.45, 2.75) is 25.9 Å². The van der Waals surface area contributed by atoms with Gasteiger partial charge >= 0.3 is 6.03 Å². The molecule has 0 saturated carbocycles. The summed E-state index contributed by atoms with van der Waals surface area (Å²) < 4.78 is 5.32. The molecular formula is C19H19N7O3. The minimum atomic E-state index is -1.29. The van der Waals surface area contributed by atoms with Crippen LogP contribution in [0.3, 0.4) is 0 Å². The van der Waals surface area contributed by atoms with Crippen molar-refractivity contribution in [2.24, 2.45) is 0 Å². The predicted octanol–water partition coefficient (Wildman–Crippen LogP) is 2.07. The van der Waals surface area contributed by atoms with Crippen LogP contribution in [0, 0.1) is 6.92 Å². The lowest BCUT2D eigenvalue weighted by molar-refractivity contribution is -0.132. The zero-order valence-corrected chi connectivity index (χ0v) is 15.8. The van der Waals surface area contributed by atoms with Gasteiger partial charge in [0.05, 0.1) is 12.8 Å². The normalized spacial score (nSPS) is 18.8. The van der Waals surface area contributed by atoms with Gasteiger partial charge in [0.2, 0.25) is 11.9 Å². The van der Waals surface area contributed by atoms with Crippen LogP contribution in [0.2, 0.25) is 0 Å². The number of para-hydroxylation sites is 1. The van der Waals surface area contributed by atoms with Gasteiger partial charge in [0.15, 0.2) is 11.4 Å². The van der Waals surface area contributed by atoms with Crippen LogP contribution >= 0.6 is 0 Å². The Balaban J connectivity index is 1.58. The third-order valence-electron chi connectivity index (χ3n) is 4.68. The zero-order chi connectivity index (χ0) is 20.6. The fraction of sp³-hybridized carbons (Fsp3) is 0.211. The summed E-state index contributed by atoms with van der Waals surface area (Å²) in [6, 6.07) is 10.3. The van der Waals surface area contributed by atoms with E-state index in [0.717, 1.165) is 16.2 Å². The molecule has 1 aromatic carbocycles. The van der Waals surface area contributed by atoms with E-state index in [1.165, 1.54) is 6.26 Å². The van der Waals surface area contributed by atoms with Crippen LogP contribution in [0.4, 0.5) is 22.4 Å². The Morgan fingerprint density at radius 2 is 1.97 bits per heavy atom. The lowest BCUT2D eigenvalue weighted by Crippen LogP contribution is -2.40. The summed E-state index contributed by atoms with van der Waals surface area (Å²) in [6.45, 7) is 3.37. The maximum absolute atomic E-state index is 12.9. The van der Waals surface area contributed by atoms with Gasteiger partial charge in [0, 0.05) is 5.69 Å². The van der Waals surface area contributed by atoms with E-state index in [1.54, 1.807) is 19.1 Å². The number of amides is 3. The molecule has 4 N–H and O–H groups in total. The summed E-state index contributed by atoms with van der Waals surface area (Å²) in [4.78, 5) is 38.8. The number of hydrogen-bond acceptors (Lipinski definition) is 8. The SMILES string of the molecule is Cc1ccccc1Nc1nc(N)nc(CN2C(=O)NC(C)(c3ccco3)C2=O)n1. The van der Waals surface area contributed by atoms with Crippen molar-refractivity contribution in [3.8, 4) is 0 Å². The quantitative estimate of drug-likeness (QED) is 0.560. The molecule has 0 radical (unpaired) electrons. The number of aryl methyl sites for hydroxylation is 1. The highest BCUT2D eigenvalue weighted by atomic mass is 16.3. The van der Waals surface area contributed by atoms with Crippen molar-refractivity contribution in [3.05, 3.63) is 59.8 Å². The molecule has 1 unspecified atom stereocenters. The van der Waals surface area contributed by atoms with E-state index in [0.29, 0.717) is 5.76 Å². The first-order valence-corrected chi connectivity index (χ1v) is 8.88. The molecule has 1 saturated heterocycles. The van der Waals surface area contributed by atoms with Gasteiger partial charge in [-0.25, -0.2) is 4.79 Å². The molecule has 10 heteroatoms. The van der Waals surface area contributed by atoms with E-state index < -0.39 is 17.5 Å². The highest BCUT2D eigenvalue weighted by Crippen LogP contribution is 2.30. The van der Waals surface area contributed by atoms with Crippen LogP contribution in [0.1, 0.15) is 24.1 Å². The molecule has 3 aromatic rings. The maximum Gasteiger partial charge on any atom is 0.325 e. The number of nitrogens with two attached hydrogens (primary N) is 1. The molecular weight excluding hydrogens is 374 g/mol. The molecule has 0 bridgehead atoms. The standard InChI is InChI=1S/C19H19N7O3/c1-11-6-3-4-7-12(11)21-17-23-14(22-16(20)24-17)10-26-15(27)19(2,25-18(26)28)13-8-5-9-29-13/h3-9H,10H2,1-2H3,(H,25,28)(H3,20,21,22,23,24). The summed E-state index contributed by atoms with van der Waals surface area (Å²) in [5.41, 5.74) is 6.32. The highest BCUT2D eigenvalue weighted by Gasteiger charge is 2.51. The molecule has 1 fully saturated rings. The fourth-order valence-corrected chi connectivity index (χ4v) is 3.11. The lowest BCUT2D eigenvalue weighted by atomic mass is 9.99. The third kappa shape index (κ3) is 3.35. The Labute approximate surface area is 166 Å². The molecule has 1 aliphatic rings. The van der Waals surface area contributed by atoms with E-state index in [9.17, 15) is 9.59 Å². The van der Waals surface area contributed by atoms with Crippen LogP contribution in [0.5, 0.6) is 0 Å². The minimum absolute atomic E-state index is 0.0214. The van der Waals surface area contributed by atoms with Crippen molar-refractivity contribution in [1.29, 1.82) is 0 Å². The molecule has 2 aromatic heterocycles. The number of urea groups is 1. The van der Waals surface area contributed by atoms with Gasteiger partial charge in [-0.1, -0.05) is 18.2 Å². The molecule has 0 aliphatic carbocycles. The van der Waals surface area contributed by atoms with Crippen molar-refractivity contribution in [2.75, 3.05) is 11.1 Å². The van der Waals surface area contributed by atoms with E-state index in [4.69, 9.17) is 10.2 Å². The van der Waals surface area contributed by atoms with Crippen LogP contribution in [0.25, 0.3) is 0 Å². The lowest BCUT2D eigenvalue weighted by Gasteiger charge is -2.18. The summed E-state index contributed by atoms with van der Waals surface area (Å²) in [5, 5.41) is 5.73. The van der Waals surface area contributed by atoms with Crippen LogP contribution < -0.4 is 16.4 Å². The largest absolute Gasteiger partial charge is 0.466 e. The molecule has 3 heterocycles. The average Bonchev–Trinajstić information content (AvgIpc) is 3.28. The molecule has 148 valence electrons. The zero-order valence-electron chi connectivity index (χ0n) is 15.8. The first-order chi connectivity index (χ1) is 13.9. The van der Waals surface area contributed by atoms with E-state index in [-0.39, 0.29) is 24.3 Å². The van der Waals surface area contributed by atoms with E-state index >= 15 is 0 Å². The van der Waals surface area contributed by atoms with Gasteiger partial charge in [-0.2, -0.15) is 15.0 Å². The number of hydrogen-bond donors (Lipinski definition) is 3. The van der Waals surface area contributed by atoms with Crippen molar-refractivity contribution in [1.82, 2.24) is 25.2 Å². The Hall–Kier alpha value is -3.95. The number of carbonyl (C=O) groups is 2. The second kappa shape index (κ2) is 6.89. The number of rotatable bonds is 5. The number of nitrogens with zero attached hydrogens (tertiary/aromatic N) is 4. The highest BCUT2D eigenvalue weighted by molar-refractivity contribution is 6.06. The Morgan fingerprint density at radius 3 is 2.69 bits per heavy atom. The molecule has 10 nitrogen and oxygen atoms in total. The number of benzene rings is 1. The first kappa shape index (κ1) is 18.4. The van der Waals surface area contributed by atoms with Crippen LogP contribution in [-0.2, 0) is 16.9 Å². The Morgan fingerprint density at radius 1 is 1.17 bits per heavy atom. The minimum Gasteiger partial charge on any atom is -0.466 e. The topological polar surface area (TPSA) is 139 Å². The molecule has 3 amide bonds. The van der Waals surface area contributed by atoms with Crippen LogP contribution in [0.15, 0.2) is 47.1 Å². The Bertz CT molecular complexity index is 1080. The van der Waals surface area contributed by atoms with Gasteiger partial charge in [-0.05, 0) is 37.6 Å². The molecule has 29 heavy (non-hydrogen) atoms. The number of anilines is 3. The Kier molecular flexibility index (Phi) is 4.38. The van der Waals surface area contributed by atoms with Gasteiger partial charge < -0.3 is 20.8 Å². The number of imide groups is 1. The fourth-order valence-electron chi connectivity index (χ4n) is 3.11.